The highest BCUT2D eigenvalue weighted by molar-refractivity contribution is 4.99. The zero-order chi connectivity index (χ0) is 13.0. The topological polar surface area (TPSA) is 29.9 Å². The molecule has 1 fully saturated rings. The molecule has 0 bridgehead atoms. The first-order chi connectivity index (χ1) is 8.55. The zero-order valence-corrected chi connectivity index (χ0v) is 10.8. The van der Waals surface area contributed by atoms with Gasteiger partial charge in [0, 0.05) is 25.6 Å². The summed E-state index contributed by atoms with van der Waals surface area (Å²) in [5.74, 6) is -2.32. The quantitative estimate of drug-likeness (QED) is 0.822. The van der Waals surface area contributed by atoms with Crippen molar-refractivity contribution in [3.05, 3.63) is 18.0 Å². The molecule has 18 heavy (non-hydrogen) atoms. The van der Waals surface area contributed by atoms with Gasteiger partial charge in [0.2, 0.25) is 5.92 Å². The standard InChI is InChI=1S/C13H21F2N3/c1-11-8-17-18(10-11)6-5-16-9-12-3-2-4-13(14,15)7-12/h8,10,12,16H,2-7,9H2,1H3. The van der Waals surface area contributed by atoms with Gasteiger partial charge in [-0.2, -0.15) is 5.10 Å². The Hall–Kier alpha value is -0.970. The van der Waals surface area contributed by atoms with E-state index in [2.05, 4.69) is 10.4 Å². The average molecular weight is 257 g/mol. The molecule has 1 atom stereocenters. The maximum atomic E-state index is 13.2. The third-order valence-corrected chi connectivity index (χ3v) is 3.46. The lowest BCUT2D eigenvalue weighted by atomic mass is 9.86. The first kappa shape index (κ1) is 13.5. The van der Waals surface area contributed by atoms with Crippen molar-refractivity contribution in [1.82, 2.24) is 15.1 Å². The molecule has 0 radical (unpaired) electrons. The van der Waals surface area contributed by atoms with E-state index in [1.165, 1.54) is 0 Å². The van der Waals surface area contributed by atoms with Crippen LogP contribution < -0.4 is 5.32 Å². The fourth-order valence-corrected chi connectivity index (χ4v) is 2.54. The van der Waals surface area contributed by atoms with Gasteiger partial charge in [0.25, 0.3) is 0 Å². The van der Waals surface area contributed by atoms with E-state index in [-0.39, 0.29) is 18.8 Å². The lowest BCUT2D eigenvalue weighted by Crippen LogP contribution is -2.33. The molecule has 1 saturated carbocycles. The third-order valence-electron chi connectivity index (χ3n) is 3.46. The van der Waals surface area contributed by atoms with Crippen LogP contribution in [0.4, 0.5) is 8.78 Å². The molecule has 1 aromatic heterocycles. The molecule has 5 heteroatoms. The minimum atomic E-state index is -2.44. The van der Waals surface area contributed by atoms with Gasteiger partial charge in [0.15, 0.2) is 0 Å². The number of alkyl halides is 2. The van der Waals surface area contributed by atoms with Gasteiger partial charge in [-0.25, -0.2) is 8.78 Å². The maximum Gasteiger partial charge on any atom is 0.248 e. The Balaban J connectivity index is 1.63. The van der Waals surface area contributed by atoms with Crippen LogP contribution in [0.15, 0.2) is 12.4 Å². The predicted molar refractivity (Wildman–Crippen MR) is 66.7 cm³/mol. The summed E-state index contributed by atoms with van der Waals surface area (Å²) in [6.07, 6.45) is 5.48. The van der Waals surface area contributed by atoms with Gasteiger partial charge in [0.1, 0.15) is 0 Å². The number of rotatable bonds is 5. The van der Waals surface area contributed by atoms with Crippen LogP contribution in [-0.4, -0.2) is 28.8 Å². The summed E-state index contributed by atoms with van der Waals surface area (Å²) in [5, 5.41) is 7.44. The first-order valence-electron chi connectivity index (χ1n) is 6.63. The molecule has 0 spiro atoms. The van der Waals surface area contributed by atoms with Gasteiger partial charge < -0.3 is 5.32 Å². The molecule has 1 aliphatic carbocycles. The Bertz CT molecular complexity index is 376. The van der Waals surface area contributed by atoms with E-state index in [9.17, 15) is 8.78 Å². The van der Waals surface area contributed by atoms with Crippen LogP contribution in [0.25, 0.3) is 0 Å². The fraction of sp³-hybridized carbons (Fsp3) is 0.769. The second-order valence-electron chi connectivity index (χ2n) is 5.30. The van der Waals surface area contributed by atoms with Crippen LogP contribution >= 0.6 is 0 Å². The normalized spacial score (nSPS) is 23.2. The second-order valence-corrected chi connectivity index (χ2v) is 5.30. The van der Waals surface area contributed by atoms with Gasteiger partial charge in [-0.15, -0.1) is 0 Å². The van der Waals surface area contributed by atoms with Crippen molar-refractivity contribution >= 4 is 0 Å². The summed E-state index contributed by atoms with van der Waals surface area (Å²) in [6, 6.07) is 0. The van der Waals surface area contributed by atoms with Crippen molar-refractivity contribution < 1.29 is 8.78 Å². The molecular formula is C13H21F2N3. The fourth-order valence-electron chi connectivity index (χ4n) is 2.54. The Kier molecular flexibility index (Phi) is 4.32. The zero-order valence-electron chi connectivity index (χ0n) is 10.8. The first-order valence-corrected chi connectivity index (χ1v) is 6.63. The predicted octanol–water partition coefficient (Wildman–Crippen LogP) is 2.61. The van der Waals surface area contributed by atoms with Crippen LogP contribution in [0.3, 0.4) is 0 Å². The van der Waals surface area contributed by atoms with Crippen molar-refractivity contribution in [3.63, 3.8) is 0 Å². The number of nitrogens with one attached hydrogen (secondary N) is 1. The molecule has 1 aliphatic rings. The molecule has 0 aromatic carbocycles. The molecule has 0 saturated heterocycles. The molecule has 0 amide bonds. The average Bonchev–Trinajstić information content (AvgIpc) is 2.69. The van der Waals surface area contributed by atoms with Crippen molar-refractivity contribution in [3.8, 4) is 0 Å². The largest absolute Gasteiger partial charge is 0.315 e. The van der Waals surface area contributed by atoms with Crippen LogP contribution in [0.2, 0.25) is 0 Å². The van der Waals surface area contributed by atoms with E-state index in [1.807, 2.05) is 24.0 Å². The van der Waals surface area contributed by atoms with E-state index in [4.69, 9.17) is 0 Å². The minimum absolute atomic E-state index is 0.0425. The summed E-state index contributed by atoms with van der Waals surface area (Å²) in [7, 11) is 0. The Morgan fingerprint density at radius 1 is 1.56 bits per heavy atom. The van der Waals surface area contributed by atoms with E-state index in [0.29, 0.717) is 13.0 Å². The Labute approximate surface area is 107 Å². The molecule has 3 nitrogen and oxygen atoms in total. The molecule has 0 aliphatic heterocycles. The summed E-state index contributed by atoms with van der Waals surface area (Å²) in [5.41, 5.74) is 1.14. The van der Waals surface area contributed by atoms with Crippen LogP contribution in [0, 0.1) is 12.8 Å². The summed E-state index contributed by atoms with van der Waals surface area (Å²) < 4.78 is 28.3. The minimum Gasteiger partial charge on any atom is -0.315 e. The van der Waals surface area contributed by atoms with Gasteiger partial charge >= 0.3 is 0 Å². The molecule has 1 aromatic rings. The summed E-state index contributed by atoms with van der Waals surface area (Å²) in [4.78, 5) is 0. The smallest absolute Gasteiger partial charge is 0.248 e. The van der Waals surface area contributed by atoms with Gasteiger partial charge in [-0.05, 0) is 37.8 Å². The highest BCUT2D eigenvalue weighted by atomic mass is 19.3. The van der Waals surface area contributed by atoms with E-state index >= 15 is 0 Å². The van der Waals surface area contributed by atoms with Crippen molar-refractivity contribution in [1.29, 1.82) is 0 Å². The van der Waals surface area contributed by atoms with Crippen molar-refractivity contribution in [2.75, 3.05) is 13.1 Å². The molecule has 1 unspecified atom stereocenters. The number of aryl methyl sites for hydroxylation is 1. The number of halogens is 2. The Morgan fingerprint density at radius 3 is 3.06 bits per heavy atom. The molecular weight excluding hydrogens is 236 g/mol. The Morgan fingerprint density at radius 2 is 2.39 bits per heavy atom. The van der Waals surface area contributed by atoms with Gasteiger partial charge in [-0.1, -0.05) is 0 Å². The highest BCUT2D eigenvalue weighted by Gasteiger charge is 2.35. The van der Waals surface area contributed by atoms with Gasteiger partial charge in [0.05, 0.1) is 12.7 Å². The number of aromatic nitrogens is 2. The monoisotopic (exact) mass is 257 g/mol. The molecule has 1 N–H and O–H groups in total. The van der Waals surface area contributed by atoms with E-state index in [0.717, 1.165) is 25.1 Å². The van der Waals surface area contributed by atoms with E-state index < -0.39 is 5.92 Å². The van der Waals surface area contributed by atoms with Gasteiger partial charge in [-0.3, -0.25) is 4.68 Å². The summed E-state index contributed by atoms with van der Waals surface area (Å²) >= 11 is 0. The lowest BCUT2D eigenvalue weighted by molar-refractivity contribution is -0.0519. The number of hydrogen-bond acceptors (Lipinski definition) is 2. The maximum absolute atomic E-state index is 13.2. The second kappa shape index (κ2) is 5.78. The number of nitrogens with zero attached hydrogens (tertiary/aromatic N) is 2. The highest BCUT2D eigenvalue weighted by Crippen LogP contribution is 2.36. The van der Waals surface area contributed by atoms with Crippen molar-refractivity contribution in [2.45, 2.75) is 45.1 Å². The lowest BCUT2D eigenvalue weighted by Gasteiger charge is -2.28. The SMILES string of the molecule is Cc1cnn(CCNCC2CCCC(F)(F)C2)c1. The molecule has 1 heterocycles. The van der Waals surface area contributed by atoms with Crippen LogP contribution in [0.1, 0.15) is 31.2 Å². The van der Waals surface area contributed by atoms with Crippen LogP contribution in [-0.2, 0) is 6.54 Å². The third kappa shape index (κ3) is 4.05. The number of hydrogen-bond donors (Lipinski definition) is 1. The summed E-state index contributed by atoms with van der Waals surface area (Å²) in [6.45, 7) is 4.26. The molecule has 102 valence electrons. The van der Waals surface area contributed by atoms with Crippen molar-refractivity contribution in [2.24, 2.45) is 5.92 Å². The van der Waals surface area contributed by atoms with E-state index in [1.54, 1.807) is 0 Å². The van der Waals surface area contributed by atoms with Crippen LogP contribution in [0.5, 0.6) is 0 Å². The molecule has 2 rings (SSSR count).